The van der Waals surface area contributed by atoms with Crippen molar-refractivity contribution < 1.29 is 79.1 Å². The second-order valence-corrected chi connectivity index (χ2v) is 4.85. The molecule has 16 nitrogen and oxygen atoms in total. The van der Waals surface area contributed by atoms with Crippen molar-refractivity contribution in [3.05, 3.63) is 0 Å². The highest BCUT2D eigenvalue weighted by Crippen LogP contribution is 2.10. The molecular weight excluding hydrogens is 400 g/mol. The van der Waals surface area contributed by atoms with Crippen molar-refractivity contribution in [1.82, 2.24) is 0 Å². The molecule has 16 heteroatoms. The molecule has 0 spiro atoms. The van der Waals surface area contributed by atoms with Gasteiger partial charge < -0.3 is 50.3 Å². The van der Waals surface area contributed by atoms with Gasteiger partial charge in [-0.2, -0.15) is 0 Å². The highest BCUT2D eigenvalue weighted by atomic mass is 16.6. The molecule has 0 bridgehead atoms. The van der Waals surface area contributed by atoms with E-state index < -0.39 is 72.4 Å². The van der Waals surface area contributed by atoms with Crippen LogP contribution >= 0.6 is 0 Å². The van der Waals surface area contributed by atoms with Crippen LogP contribution in [-0.2, 0) is 38.2 Å². The Morgan fingerprint density at radius 3 is 1.11 bits per heavy atom. The van der Waals surface area contributed by atoms with Gasteiger partial charge in [0.05, 0.1) is 0 Å². The van der Waals surface area contributed by atoms with Crippen molar-refractivity contribution in [2.24, 2.45) is 0 Å². The Balaban J connectivity index is 5.37. The third kappa shape index (κ3) is 6.43. The quantitative estimate of drug-likeness (QED) is 0.146. The Hall–Kier alpha value is -3.34. The SMILES string of the molecule is O=C(O)C(O)C(O)C(=O)OC(C(=O)O)C(O)C(=O)OC(C(=O)O)C(O)C(=O)O. The van der Waals surface area contributed by atoms with Crippen molar-refractivity contribution in [3.8, 4) is 0 Å². The summed E-state index contributed by atoms with van der Waals surface area (Å²) < 4.78 is 7.96. The minimum Gasteiger partial charge on any atom is -0.479 e. The van der Waals surface area contributed by atoms with Gasteiger partial charge in [-0.1, -0.05) is 0 Å². The molecule has 0 aliphatic rings. The smallest absolute Gasteiger partial charge is 0.348 e. The summed E-state index contributed by atoms with van der Waals surface area (Å²) in [6.07, 6.45) is -17.1. The summed E-state index contributed by atoms with van der Waals surface area (Å²) in [5.41, 5.74) is 0. The number of carboxylic acids is 4. The number of hydrogen-bond acceptors (Lipinski definition) is 12. The predicted molar refractivity (Wildman–Crippen MR) is 74.3 cm³/mol. The fourth-order valence-corrected chi connectivity index (χ4v) is 1.41. The first kappa shape index (κ1) is 24.7. The van der Waals surface area contributed by atoms with E-state index in [-0.39, 0.29) is 0 Å². The fraction of sp³-hybridized carbons (Fsp3) is 0.500. The van der Waals surface area contributed by atoms with Crippen LogP contribution in [-0.4, -0.2) is 113 Å². The lowest BCUT2D eigenvalue weighted by Crippen LogP contribution is -2.50. The first-order valence-corrected chi connectivity index (χ1v) is 6.76. The van der Waals surface area contributed by atoms with Gasteiger partial charge in [0.15, 0.2) is 24.4 Å². The average Bonchev–Trinajstić information content (AvgIpc) is 2.60. The number of aliphatic carboxylic acids is 4. The molecular formula is C12H14O16. The second kappa shape index (κ2) is 10.1. The number of ether oxygens (including phenoxy) is 2. The molecule has 0 saturated carbocycles. The number of aliphatic hydroxyl groups excluding tert-OH is 4. The van der Waals surface area contributed by atoms with Gasteiger partial charge in [0.2, 0.25) is 12.2 Å². The Morgan fingerprint density at radius 2 is 0.786 bits per heavy atom. The van der Waals surface area contributed by atoms with E-state index in [1.165, 1.54) is 0 Å². The number of hydrogen-bond donors (Lipinski definition) is 8. The largest absolute Gasteiger partial charge is 0.479 e. The lowest BCUT2D eigenvalue weighted by atomic mass is 10.1. The molecule has 0 heterocycles. The molecule has 6 unspecified atom stereocenters. The monoisotopic (exact) mass is 414 g/mol. The van der Waals surface area contributed by atoms with Gasteiger partial charge in [-0.3, -0.25) is 0 Å². The summed E-state index contributed by atoms with van der Waals surface area (Å²) in [5.74, 6) is -13.0. The Bertz CT molecular complexity index is 654. The second-order valence-electron chi connectivity index (χ2n) is 4.85. The maximum absolute atomic E-state index is 11.6. The zero-order valence-electron chi connectivity index (χ0n) is 13.3. The number of rotatable bonds is 11. The molecule has 0 amide bonds. The van der Waals surface area contributed by atoms with Gasteiger partial charge in [0, 0.05) is 0 Å². The van der Waals surface area contributed by atoms with Crippen molar-refractivity contribution in [2.45, 2.75) is 36.6 Å². The van der Waals surface area contributed by atoms with Gasteiger partial charge in [0.25, 0.3) is 0 Å². The topological polar surface area (TPSA) is 283 Å². The van der Waals surface area contributed by atoms with E-state index in [9.17, 15) is 39.0 Å². The van der Waals surface area contributed by atoms with E-state index in [4.69, 9.17) is 30.6 Å². The molecule has 8 N–H and O–H groups in total. The molecule has 0 aliphatic heterocycles. The Labute approximate surface area is 152 Å². The van der Waals surface area contributed by atoms with Crippen LogP contribution in [0.1, 0.15) is 0 Å². The van der Waals surface area contributed by atoms with Crippen LogP contribution < -0.4 is 0 Å². The number of carbonyl (C=O) groups is 6. The number of carboxylic acid groups (broad SMARTS) is 4. The van der Waals surface area contributed by atoms with E-state index in [2.05, 4.69) is 9.47 Å². The van der Waals surface area contributed by atoms with Gasteiger partial charge in [-0.05, 0) is 0 Å². The predicted octanol–water partition coefficient (Wildman–Crippen LogP) is -5.41. The van der Waals surface area contributed by atoms with Gasteiger partial charge >= 0.3 is 35.8 Å². The van der Waals surface area contributed by atoms with Crippen LogP contribution in [0.2, 0.25) is 0 Å². The maximum atomic E-state index is 11.6. The van der Waals surface area contributed by atoms with E-state index in [1.54, 1.807) is 0 Å². The molecule has 0 aromatic carbocycles. The first-order valence-electron chi connectivity index (χ1n) is 6.76. The summed E-state index contributed by atoms with van der Waals surface area (Å²) in [5, 5.41) is 71.3. The Morgan fingerprint density at radius 1 is 0.464 bits per heavy atom. The lowest BCUT2D eigenvalue weighted by Gasteiger charge is -2.23. The van der Waals surface area contributed by atoms with E-state index in [0.29, 0.717) is 0 Å². The van der Waals surface area contributed by atoms with Crippen LogP contribution in [0.15, 0.2) is 0 Å². The van der Waals surface area contributed by atoms with Crippen LogP contribution in [0.5, 0.6) is 0 Å². The summed E-state index contributed by atoms with van der Waals surface area (Å²) in [6.45, 7) is 0. The summed E-state index contributed by atoms with van der Waals surface area (Å²) >= 11 is 0. The standard InChI is InChI=1S/C12H14O16/c13-1(7(17)18)2(14)11(25)28-6(10(23)24)4(16)12(26)27-5(9(21)22)3(15)8(19)20/h1-6,13-16H,(H,17,18)(H,19,20)(H,21,22)(H,23,24). The lowest BCUT2D eigenvalue weighted by molar-refractivity contribution is -0.196. The summed E-state index contributed by atoms with van der Waals surface area (Å²) in [4.78, 5) is 65.8. The molecule has 28 heavy (non-hydrogen) atoms. The molecule has 0 saturated heterocycles. The summed E-state index contributed by atoms with van der Waals surface area (Å²) in [7, 11) is 0. The van der Waals surface area contributed by atoms with Gasteiger partial charge in [-0.15, -0.1) is 0 Å². The molecule has 0 aromatic rings. The van der Waals surface area contributed by atoms with Crippen LogP contribution in [0, 0.1) is 0 Å². The zero-order chi connectivity index (χ0) is 22.3. The molecule has 0 rings (SSSR count). The van der Waals surface area contributed by atoms with Crippen molar-refractivity contribution in [3.63, 3.8) is 0 Å². The molecule has 0 fully saturated rings. The summed E-state index contributed by atoms with van der Waals surface area (Å²) in [6, 6.07) is 0. The number of esters is 2. The van der Waals surface area contributed by atoms with Gasteiger partial charge in [0.1, 0.15) is 0 Å². The number of carbonyl (C=O) groups excluding carboxylic acids is 2. The normalized spacial score (nSPS) is 17.1. The average molecular weight is 414 g/mol. The third-order valence-electron chi connectivity index (χ3n) is 2.83. The number of aliphatic hydroxyl groups is 4. The highest BCUT2D eigenvalue weighted by Gasteiger charge is 2.43. The minimum absolute atomic E-state index is 2.10. The van der Waals surface area contributed by atoms with Crippen molar-refractivity contribution in [1.29, 1.82) is 0 Å². The van der Waals surface area contributed by atoms with Crippen LogP contribution in [0.25, 0.3) is 0 Å². The zero-order valence-corrected chi connectivity index (χ0v) is 13.3. The van der Waals surface area contributed by atoms with E-state index in [1.807, 2.05) is 0 Å². The van der Waals surface area contributed by atoms with E-state index >= 15 is 0 Å². The van der Waals surface area contributed by atoms with Crippen LogP contribution in [0.3, 0.4) is 0 Å². The minimum atomic E-state index is -3.00. The van der Waals surface area contributed by atoms with Crippen LogP contribution in [0.4, 0.5) is 0 Å². The van der Waals surface area contributed by atoms with Crippen molar-refractivity contribution in [2.75, 3.05) is 0 Å². The van der Waals surface area contributed by atoms with Gasteiger partial charge in [-0.25, -0.2) is 28.8 Å². The molecule has 0 aromatic heterocycles. The fourth-order valence-electron chi connectivity index (χ4n) is 1.41. The first-order chi connectivity index (χ1) is 12.7. The Kier molecular flexibility index (Phi) is 8.91. The third-order valence-corrected chi connectivity index (χ3v) is 2.83. The molecule has 0 aliphatic carbocycles. The molecule has 6 atom stereocenters. The van der Waals surface area contributed by atoms with Crippen molar-refractivity contribution >= 4 is 35.8 Å². The molecule has 158 valence electrons. The maximum Gasteiger partial charge on any atom is 0.348 e. The highest BCUT2D eigenvalue weighted by molar-refractivity contribution is 5.91. The molecule has 0 radical (unpaired) electrons. The van der Waals surface area contributed by atoms with E-state index in [0.717, 1.165) is 0 Å².